The van der Waals surface area contributed by atoms with Gasteiger partial charge in [0.25, 0.3) is 5.91 Å². The van der Waals surface area contributed by atoms with Crippen LogP contribution in [0.3, 0.4) is 0 Å². The van der Waals surface area contributed by atoms with Gasteiger partial charge in [0, 0.05) is 24.1 Å². The number of halogens is 3. The lowest BCUT2D eigenvalue weighted by Gasteiger charge is -2.45. The van der Waals surface area contributed by atoms with Gasteiger partial charge in [-0.1, -0.05) is 24.8 Å². The summed E-state index contributed by atoms with van der Waals surface area (Å²) in [5.74, 6) is -0.821. The molecule has 2 fully saturated rings. The minimum atomic E-state index is -4.51. The fourth-order valence-electron chi connectivity index (χ4n) is 5.56. The highest BCUT2D eigenvalue weighted by Crippen LogP contribution is 2.73. The van der Waals surface area contributed by atoms with Gasteiger partial charge in [-0.05, 0) is 42.0 Å². The van der Waals surface area contributed by atoms with Crippen LogP contribution in [0.1, 0.15) is 41.4 Å². The topological polar surface area (TPSA) is 132 Å². The van der Waals surface area contributed by atoms with Gasteiger partial charge in [0.1, 0.15) is 10.4 Å². The molecule has 1 aromatic carbocycles. The Hall–Kier alpha value is -3.35. The van der Waals surface area contributed by atoms with E-state index in [2.05, 4.69) is 32.3 Å². The quantitative estimate of drug-likeness (QED) is 0.521. The number of carbonyl (C=O) groups excluding carboxylic acids is 2. The van der Waals surface area contributed by atoms with Crippen LogP contribution in [0.25, 0.3) is 0 Å². The van der Waals surface area contributed by atoms with Crippen molar-refractivity contribution < 1.29 is 27.5 Å². The zero-order valence-electron chi connectivity index (χ0n) is 19.6. The summed E-state index contributed by atoms with van der Waals surface area (Å²) >= 11 is 1.35. The maximum Gasteiger partial charge on any atom is 0.422 e. The summed E-state index contributed by atoms with van der Waals surface area (Å²) in [5, 5.41) is 6.27. The zero-order chi connectivity index (χ0) is 26.2. The van der Waals surface area contributed by atoms with Crippen molar-refractivity contribution in [1.82, 2.24) is 15.3 Å². The molecule has 2 saturated carbocycles. The summed E-state index contributed by atoms with van der Waals surface area (Å²) in [6, 6.07) is 5.75. The number of thioether (sulfide) groups is 1. The highest BCUT2D eigenvalue weighted by atomic mass is 32.2. The van der Waals surface area contributed by atoms with E-state index in [9.17, 15) is 22.8 Å². The number of hydrogen-bond donors (Lipinski definition) is 3. The van der Waals surface area contributed by atoms with E-state index >= 15 is 0 Å². The van der Waals surface area contributed by atoms with Crippen LogP contribution in [0.5, 0.6) is 5.88 Å². The highest BCUT2D eigenvalue weighted by molar-refractivity contribution is 8.15. The van der Waals surface area contributed by atoms with Crippen LogP contribution in [-0.2, 0) is 16.8 Å². The molecule has 2 heterocycles. The van der Waals surface area contributed by atoms with E-state index in [0.29, 0.717) is 17.3 Å². The molecule has 4 aliphatic rings. The molecule has 13 heteroatoms. The van der Waals surface area contributed by atoms with Gasteiger partial charge in [-0.2, -0.15) is 13.2 Å². The molecular weight excluding hydrogens is 509 g/mol. The van der Waals surface area contributed by atoms with Crippen molar-refractivity contribution in [3.63, 3.8) is 0 Å². The molecular formula is C24H23F3N6O3S. The van der Waals surface area contributed by atoms with E-state index in [4.69, 9.17) is 10.7 Å². The number of carbonyl (C=O) groups is 2. The van der Waals surface area contributed by atoms with Gasteiger partial charge < -0.3 is 21.1 Å². The van der Waals surface area contributed by atoms with Gasteiger partial charge in [-0.25, -0.2) is 9.97 Å². The van der Waals surface area contributed by atoms with Crippen molar-refractivity contribution in [3.8, 4) is 5.88 Å². The number of fused-ring (bicyclic) bond motifs is 4. The Morgan fingerprint density at radius 1 is 1.24 bits per heavy atom. The van der Waals surface area contributed by atoms with Crippen LogP contribution in [-0.4, -0.2) is 50.5 Å². The molecule has 4 atom stereocenters. The summed E-state index contributed by atoms with van der Waals surface area (Å²) < 4.78 is 40.8. The number of nitrogens with zero attached hydrogens (tertiary/aromatic N) is 3. The fourth-order valence-corrected chi connectivity index (χ4v) is 7.05. The summed E-state index contributed by atoms with van der Waals surface area (Å²) in [7, 11) is 0. The number of nitrogens with one attached hydrogen (secondary N) is 2. The SMILES string of the molecule is CC1C2[C@@]1(C(=O)NC1CC1)SC(N)=N[C@@]21Cc2ccc(NC(=O)c3cnc(OCC(F)(F)F)cn3)cc21. The number of hydrogen-bond acceptors (Lipinski definition) is 8. The van der Waals surface area contributed by atoms with Gasteiger partial charge in [0.2, 0.25) is 11.8 Å². The number of nitrogens with two attached hydrogens (primary N) is 1. The van der Waals surface area contributed by atoms with Gasteiger partial charge in [-0.3, -0.25) is 14.6 Å². The molecule has 2 unspecified atom stereocenters. The number of amidine groups is 1. The first-order valence-electron chi connectivity index (χ1n) is 11.8. The number of aromatic nitrogens is 2. The molecule has 0 radical (unpaired) electrons. The van der Waals surface area contributed by atoms with Crippen LogP contribution >= 0.6 is 11.8 Å². The number of aliphatic imine (C=N–C) groups is 1. The third kappa shape index (κ3) is 3.99. The highest BCUT2D eigenvalue weighted by Gasteiger charge is 2.78. The molecule has 4 N–H and O–H groups in total. The summed E-state index contributed by atoms with van der Waals surface area (Å²) in [6.45, 7) is 0.559. The van der Waals surface area contributed by atoms with Crippen LogP contribution in [0.15, 0.2) is 35.6 Å². The minimum Gasteiger partial charge on any atom is -0.467 e. The van der Waals surface area contributed by atoms with E-state index in [-0.39, 0.29) is 35.4 Å². The number of rotatable bonds is 6. The minimum absolute atomic E-state index is 0.00962. The Labute approximate surface area is 213 Å². The lowest BCUT2D eigenvalue weighted by molar-refractivity contribution is -0.154. The molecule has 6 rings (SSSR count). The number of alkyl halides is 3. The molecule has 9 nitrogen and oxygen atoms in total. The lowest BCUT2D eigenvalue weighted by atomic mass is 9.66. The number of anilines is 1. The Balaban J connectivity index is 1.20. The molecule has 2 aromatic rings. The lowest BCUT2D eigenvalue weighted by Crippen LogP contribution is -2.50. The van der Waals surface area contributed by atoms with E-state index in [0.717, 1.165) is 36.4 Å². The maximum absolute atomic E-state index is 13.2. The molecule has 2 amide bonds. The fraction of sp³-hybridized carbons (Fsp3) is 0.458. The Morgan fingerprint density at radius 3 is 2.70 bits per heavy atom. The van der Waals surface area contributed by atoms with Gasteiger partial charge in [-0.15, -0.1) is 0 Å². The van der Waals surface area contributed by atoms with Crippen molar-refractivity contribution >= 4 is 34.4 Å². The summed E-state index contributed by atoms with van der Waals surface area (Å²) in [4.78, 5) is 38.3. The van der Waals surface area contributed by atoms with Crippen molar-refractivity contribution in [3.05, 3.63) is 47.4 Å². The number of benzene rings is 1. The van der Waals surface area contributed by atoms with Crippen molar-refractivity contribution in [2.24, 2.45) is 22.6 Å². The van der Waals surface area contributed by atoms with Gasteiger partial charge in [0.15, 0.2) is 11.8 Å². The normalized spacial score (nSPS) is 29.4. The van der Waals surface area contributed by atoms with Gasteiger partial charge >= 0.3 is 6.18 Å². The molecule has 1 aromatic heterocycles. The first kappa shape index (κ1) is 24.0. The monoisotopic (exact) mass is 532 g/mol. The van der Waals surface area contributed by atoms with Crippen LogP contribution in [0, 0.1) is 11.8 Å². The third-order valence-electron chi connectivity index (χ3n) is 7.43. The third-order valence-corrected chi connectivity index (χ3v) is 8.88. The molecule has 0 bridgehead atoms. The second-order valence-electron chi connectivity index (χ2n) is 9.93. The molecule has 3 aliphatic carbocycles. The van der Waals surface area contributed by atoms with Crippen molar-refractivity contribution in [1.29, 1.82) is 0 Å². The number of ether oxygens (including phenoxy) is 1. The Kier molecular flexibility index (Phi) is 5.24. The molecule has 37 heavy (non-hydrogen) atoms. The predicted octanol–water partition coefficient (Wildman–Crippen LogP) is 2.77. The van der Waals surface area contributed by atoms with Crippen LogP contribution in [0.2, 0.25) is 0 Å². The Morgan fingerprint density at radius 2 is 2.03 bits per heavy atom. The molecule has 1 aliphatic heterocycles. The van der Waals surface area contributed by atoms with Crippen LogP contribution in [0.4, 0.5) is 18.9 Å². The average Bonchev–Trinajstić information content (AvgIpc) is 3.75. The zero-order valence-corrected chi connectivity index (χ0v) is 20.4. The standard InChI is InChI=1S/C24H23F3N6O3S/c1-11-18-22(33-21(28)37-24(11,18)20(35)32-13-4-5-13)7-12-2-3-14(6-15(12)22)31-19(34)16-8-30-17(9-29-16)36-10-23(25,26)27/h2-3,6,8-9,11,13,18H,4-5,7,10H2,1H3,(H2,28,33)(H,31,34)(H,32,35)/t11?,18?,22-,24+/m1/s1. The first-order chi connectivity index (χ1) is 17.5. The summed E-state index contributed by atoms with van der Waals surface area (Å²) in [6.07, 6.45) is 0.168. The smallest absolute Gasteiger partial charge is 0.422 e. The first-order valence-corrected chi connectivity index (χ1v) is 12.7. The number of amides is 2. The van der Waals surface area contributed by atoms with E-state index in [1.54, 1.807) is 6.07 Å². The van der Waals surface area contributed by atoms with E-state index in [1.165, 1.54) is 11.8 Å². The molecule has 194 valence electrons. The maximum atomic E-state index is 13.2. The molecule has 0 saturated heterocycles. The summed E-state index contributed by atoms with van der Waals surface area (Å²) in [5.41, 5.74) is 8.04. The van der Waals surface area contributed by atoms with Crippen molar-refractivity contribution in [2.45, 2.75) is 48.7 Å². The van der Waals surface area contributed by atoms with Crippen molar-refractivity contribution in [2.75, 3.05) is 11.9 Å². The van der Waals surface area contributed by atoms with E-state index < -0.39 is 29.0 Å². The Bertz CT molecular complexity index is 1330. The van der Waals surface area contributed by atoms with Gasteiger partial charge in [0.05, 0.1) is 17.9 Å². The second-order valence-corrected chi connectivity index (χ2v) is 11.2. The predicted molar refractivity (Wildman–Crippen MR) is 129 cm³/mol. The second kappa shape index (κ2) is 8.07. The average molecular weight is 533 g/mol. The molecule has 1 spiro atoms. The van der Waals surface area contributed by atoms with E-state index in [1.807, 2.05) is 12.1 Å². The van der Waals surface area contributed by atoms with Crippen LogP contribution < -0.4 is 21.1 Å². The largest absolute Gasteiger partial charge is 0.467 e.